The summed E-state index contributed by atoms with van der Waals surface area (Å²) in [5, 5.41) is 3.78. The molecular formula is C9H9BrN4O2S. The second kappa shape index (κ2) is 4.46. The minimum absolute atomic E-state index is 0.170. The number of benzene rings is 1. The van der Waals surface area contributed by atoms with Crippen LogP contribution in [0, 0.1) is 0 Å². The van der Waals surface area contributed by atoms with Crippen LogP contribution in [0.1, 0.15) is 0 Å². The molecule has 2 rings (SSSR count). The molecule has 8 heteroatoms. The Kier molecular flexibility index (Phi) is 3.16. The molecule has 0 atom stereocenters. The van der Waals surface area contributed by atoms with Gasteiger partial charge in [-0.1, -0.05) is 15.9 Å². The van der Waals surface area contributed by atoms with Crippen LogP contribution in [0.15, 0.2) is 40.0 Å². The standard InChI is InChI=1S/C9H9BrN4O2S/c1-14-9(11-6-12-14)13-17(15,16)8-4-2-7(10)3-5-8/h2-6H,1H3,(H,11,12,13). The lowest BCUT2D eigenvalue weighted by atomic mass is 10.4. The number of rotatable bonds is 3. The van der Waals surface area contributed by atoms with E-state index in [0.29, 0.717) is 0 Å². The first-order valence-corrected chi connectivity index (χ1v) is 6.89. The first-order chi connectivity index (χ1) is 7.99. The molecule has 17 heavy (non-hydrogen) atoms. The zero-order valence-electron chi connectivity index (χ0n) is 8.83. The lowest BCUT2D eigenvalue weighted by Gasteiger charge is -2.06. The predicted octanol–water partition coefficient (Wildman–Crippen LogP) is 1.38. The summed E-state index contributed by atoms with van der Waals surface area (Å²) in [4.78, 5) is 3.97. The molecule has 0 saturated carbocycles. The van der Waals surface area contributed by atoms with E-state index < -0.39 is 10.0 Å². The highest BCUT2D eigenvalue weighted by molar-refractivity contribution is 9.10. The molecule has 0 unspecified atom stereocenters. The van der Waals surface area contributed by atoms with Crippen molar-refractivity contribution < 1.29 is 8.42 Å². The van der Waals surface area contributed by atoms with Crippen molar-refractivity contribution in [1.82, 2.24) is 14.8 Å². The maximum Gasteiger partial charge on any atom is 0.264 e. The molecule has 0 amide bonds. The van der Waals surface area contributed by atoms with Crippen LogP contribution >= 0.6 is 15.9 Å². The summed E-state index contributed by atoms with van der Waals surface area (Å²) in [6.07, 6.45) is 1.28. The maximum absolute atomic E-state index is 12.0. The molecule has 0 aliphatic rings. The highest BCUT2D eigenvalue weighted by atomic mass is 79.9. The van der Waals surface area contributed by atoms with E-state index in [1.54, 1.807) is 19.2 Å². The van der Waals surface area contributed by atoms with Crippen molar-refractivity contribution in [2.45, 2.75) is 4.90 Å². The van der Waals surface area contributed by atoms with Crippen LogP contribution in [0.25, 0.3) is 0 Å². The van der Waals surface area contributed by atoms with Crippen LogP contribution in [0.5, 0.6) is 0 Å². The summed E-state index contributed by atoms with van der Waals surface area (Å²) in [5.41, 5.74) is 0. The van der Waals surface area contributed by atoms with Gasteiger partial charge in [0.2, 0.25) is 5.95 Å². The Hall–Kier alpha value is -1.41. The summed E-state index contributed by atoms with van der Waals surface area (Å²) in [6.45, 7) is 0. The van der Waals surface area contributed by atoms with Gasteiger partial charge in [0.1, 0.15) is 6.33 Å². The summed E-state index contributed by atoms with van der Waals surface area (Å²) in [7, 11) is -2.01. The van der Waals surface area contributed by atoms with Crippen molar-refractivity contribution in [1.29, 1.82) is 0 Å². The Labute approximate surface area is 107 Å². The first-order valence-electron chi connectivity index (χ1n) is 4.61. The van der Waals surface area contributed by atoms with E-state index in [-0.39, 0.29) is 10.8 Å². The highest BCUT2D eigenvalue weighted by Gasteiger charge is 2.16. The van der Waals surface area contributed by atoms with Crippen molar-refractivity contribution in [3.05, 3.63) is 35.1 Å². The molecule has 0 aliphatic carbocycles. The normalized spacial score (nSPS) is 11.4. The molecule has 0 radical (unpaired) electrons. The minimum atomic E-state index is -3.62. The molecule has 0 bridgehead atoms. The van der Waals surface area contributed by atoms with Gasteiger partial charge < -0.3 is 0 Å². The molecule has 90 valence electrons. The monoisotopic (exact) mass is 316 g/mol. The summed E-state index contributed by atoms with van der Waals surface area (Å²) < 4.78 is 28.4. The van der Waals surface area contributed by atoms with Crippen LogP contribution in [0.3, 0.4) is 0 Å². The number of sulfonamides is 1. The van der Waals surface area contributed by atoms with E-state index in [9.17, 15) is 8.42 Å². The largest absolute Gasteiger partial charge is 0.264 e. The van der Waals surface area contributed by atoms with E-state index in [1.165, 1.54) is 23.1 Å². The fourth-order valence-electron chi connectivity index (χ4n) is 1.18. The van der Waals surface area contributed by atoms with Gasteiger partial charge in [-0.2, -0.15) is 10.1 Å². The van der Waals surface area contributed by atoms with Crippen LogP contribution in [-0.2, 0) is 17.1 Å². The van der Waals surface area contributed by atoms with E-state index in [0.717, 1.165) is 4.47 Å². The molecule has 1 aromatic carbocycles. The van der Waals surface area contributed by atoms with Crippen molar-refractivity contribution in [2.24, 2.45) is 7.05 Å². The van der Waals surface area contributed by atoms with Crippen LogP contribution in [-0.4, -0.2) is 23.2 Å². The van der Waals surface area contributed by atoms with Gasteiger partial charge in [0.25, 0.3) is 10.0 Å². The summed E-state index contributed by atoms with van der Waals surface area (Å²) in [6, 6.07) is 6.32. The van der Waals surface area contributed by atoms with Crippen molar-refractivity contribution in [2.75, 3.05) is 4.72 Å². The van der Waals surface area contributed by atoms with Crippen LogP contribution in [0.4, 0.5) is 5.95 Å². The molecule has 2 aromatic rings. The smallest absolute Gasteiger partial charge is 0.247 e. The first kappa shape index (κ1) is 12.1. The van der Waals surface area contributed by atoms with Crippen LogP contribution < -0.4 is 4.72 Å². The average Bonchev–Trinajstić information content (AvgIpc) is 2.64. The van der Waals surface area contributed by atoms with Gasteiger partial charge in [0.05, 0.1) is 4.90 Å². The molecule has 6 nitrogen and oxygen atoms in total. The second-order valence-electron chi connectivity index (χ2n) is 3.27. The number of aryl methyl sites for hydroxylation is 1. The molecule has 0 spiro atoms. The number of nitrogens with one attached hydrogen (secondary N) is 1. The summed E-state index contributed by atoms with van der Waals surface area (Å²) in [5.74, 6) is 0.174. The molecule has 0 fully saturated rings. The third kappa shape index (κ3) is 2.64. The topological polar surface area (TPSA) is 76.9 Å². The Morgan fingerprint density at radius 3 is 2.47 bits per heavy atom. The van der Waals surface area contributed by atoms with Gasteiger partial charge in [-0.25, -0.2) is 17.8 Å². The summed E-state index contributed by atoms with van der Waals surface area (Å²) >= 11 is 3.24. The Morgan fingerprint density at radius 2 is 1.94 bits per heavy atom. The number of hydrogen-bond acceptors (Lipinski definition) is 4. The van der Waals surface area contributed by atoms with E-state index in [4.69, 9.17) is 0 Å². The molecule has 1 aromatic heterocycles. The lowest BCUT2D eigenvalue weighted by molar-refractivity contribution is 0.600. The van der Waals surface area contributed by atoms with E-state index >= 15 is 0 Å². The number of anilines is 1. The van der Waals surface area contributed by atoms with Crippen LogP contribution in [0.2, 0.25) is 0 Å². The van der Waals surface area contributed by atoms with Gasteiger partial charge in [0, 0.05) is 11.5 Å². The maximum atomic E-state index is 12.0. The molecule has 1 heterocycles. The zero-order chi connectivity index (χ0) is 12.5. The van der Waals surface area contributed by atoms with Crippen molar-refractivity contribution >= 4 is 31.9 Å². The highest BCUT2D eigenvalue weighted by Crippen LogP contribution is 2.16. The SMILES string of the molecule is Cn1ncnc1NS(=O)(=O)c1ccc(Br)cc1. The molecule has 1 N–H and O–H groups in total. The van der Waals surface area contributed by atoms with E-state index in [1.807, 2.05) is 0 Å². The average molecular weight is 317 g/mol. The minimum Gasteiger partial charge on any atom is -0.247 e. The third-order valence-electron chi connectivity index (χ3n) is 2.06. The zero-order valence-corrected chi connectivity index (χ0v) is 11.2. The number of aromatic nitrogens is 3. The van der Waals surface area contributed by atoms with Gasteiger partial charge >= 0.3 is 0 Å². The Morgan fingerprint density at radius 1 is 1.29 bits per heavy atom. The van der Waals surface area contributed by atoms with Gasteiger partial charge in [0.15, 0.2) is 0 Å². The lowest BCUT2D eigenvalue weighted by Crippen LogP contribution is -2.16. The second-order valence-corrected chi connectivity index (χ2v) is 5.86. The quantitative estimate of drug-likeness (QED) is 0.928. The van der Waals surface area contributed by atoms with Gasteiger partial charge in [-0.3, -0.25) is 0 Å². The number of hydrogen-bond donors (Lipinski definition) is 1. The molecule has 0 aliphatic heterocycles. The third-order valence-corrected chi connectivity index (χ3v) is 3.93. The molecule has 0 saturated heterocycles. The predicted molar refractivity (Wildman–Crippen MR) is 66.0 cm³/mol. The van der Waals surface area contributed by atoms with Crippen molar-refractivity contribution in [3.63, 3.8) is 0 Å². The molecular weight excluding hydrogens is 308 g/mol. The fraction of sp³-hybridized carbons (Fsp3) is 0.111. The Bertz CT molecular complexity index is 621. The van der Waals surface area contributed by atoms with E-state index in [2.05, 4.69) is 30.7 Å². The van der Waals surface area contributed by atoms with Gasteiger partial charge in [-0.15, -0.1) is 0 Å². The Balaban J connectivity index is 2.31. The number of halogens is 1. The fourth-order valence-corrected chi connectivity index (χ4v) is 2.48. The number of nitrogens with zero attached hydrogens (tertiary/aromatic N) is 3. The van der Waals surface area contributed by atoms with Crippen molar-refractivity contribution in [3.8, 4) is 0 Å². The van der Waals surface area contributed by atoms with Gasteiger partial charge in [-0.05, 0) is 24.3 Å².